The maximum atomic E-state index is 12.1. The molecule has 1 aliphatic heterocycles. The Hall–Kier alpha value is -1.49. The van der Waals surface area contributed by atoms with Gasteiger partial charge in [0.2, 0.25) is 11.0 Å². The molecule has 0 aromatic carbocycles. The Morgan fingerprint density at radius 1 is 1.38 bits per heavy atom. The summed E-state index contributed by atoms with van der Waals surface area (Å²) < 4.78 is 5.89. The molecule has 0 atom stereocenters. The smallest absolute Gasteiger partial charge is 0.267 e. The minimum Gasteiger partial charge on any atom is -0.378 e. The summed E-state index contributed by atoms with van der Waals surface area (Å²) in [6.07, 6.45) is 0. The van der Waals surface area contributed by atoms with Crippen molar-refractivity contribution in [1.29, 1.82) is 0 Å². The Bertz CT molecular complexity index is 724. The zero-order chi connectivity index (χ0) is 16.9. The van der Waals surface area contributed by atoms with Crippen LogP contribution in [0.1, 0.15) is 15.2 Å². The molecule has 7 nitrogen and oxygen atoms in total. The number of nitrogens with one attached hydrogen (secondary N) is 1. The summed E-state index contributed by atoms with van der Waals surface area (Å²) in [6, 6.07) is 1.83. The Labute approximate surface area is 151 Å². The Morgan fingerprint density at radius 3 is 2.88 bits per heavy atom. The van der Waals surface area contributed by atoms with E-state index in [1.54, 1.807) is 4.90 Å². The van der Waals surface area contributed by atoms with Crippen LogP contribution in [0.15, 0.2) is 15.8 Å². The van der Waals surface area contributed by atoms with Gasteiger partial charge in [0.1, 0.15) is 0 Å². The molecule has 1 N–H and O–H groups in total. The van der Waals surface area contributed by atoms with Crippen molar-refractivity contribution in [3.8, 4) is 0 Å². The number of thiophene rings is 1. The maximum absolute atomic E-state index is 12.1. The Kier molecular flexibility index (Phi) is 5.82. The molecule has 1 aliphatic rings. The molecule has 1 fully saturated rings. The number of hydrogen-bond donors (Lipinski definition) is 1. The first-order chi connectivity index (χ1) is 11.6. The fraction of sp³-hybridized carbons (Fsp3) is 0.429. The van der Waals surface area contributed by atoms with E-state index >= 15 is 0 Å². The number of amides is 2. The number of rotatable bonds is 5. The standard InChI is InChI=1S/C14H16N4O3S3/c1-9-6-10(22-7-9)12(20)15-13-16-17-14(24-13)23-8-11(19)18-2-4-21-5-3-18/h6-7H,2-5,8H2,1H3,(H,15,16,20). The van der Waals surface area contributed by atoms with Crippen LogP contribution in [0.3, 0.4) is 0 Å². The van der Waals surface area contributed by atoms with Crippen LogP contribution in [0.4, 0.5) is 5.13 Å². The van der Waals surface area contributed by atoms with Gasteiger partial charge in [0.05, 0.1) is 23.8 Å². The van der Waals surface area contributed by atoms with Crippen molar-refractivity contribution >= 4 is 51.4 Å². The highest BCUT2D eigenvalue weighted by Gasteiger charge is 2.18. The van der Waals surface area contributed by atoms with Crippen LogP contribution >= 0.6 is 34.4 Å². The van der Waals surface area contributed by atoms with Crippen molar-refractivity contribution in [3.63, 3.8) is 0 Å². The summed E-state index contributed by atoms with van der Waals surface area (Å²) >= 11 is 4.00. The van der Waals surface area contributed by atoms with Gasteiger partial charge in [-0.15, -0.1) is 21.5 Å². The lowest BCUT2D eigenvalue weighted by molar-refractivity contribution is -0.132. The van der Waals surface area contributed by atoms with Gasteiger partial charge in [-0.05, 0) is 23.9 Å². The van der Waals surface area contributed by atoms with Gasteiger partial charge in [0.15, 0.2) is 4.34 Å². The minimum absolute atomic E-state index is 0.0677. The summed E-state index contributed by atoms with van der Waals surface area (Å²) in [6.45, 7) is 4.40. The van der Waals surface area contributed by atoms with Crippen LogP contribution in [0.5, 0.6) is 0 Å². The zero-order valence-corrected chi connectivity index (χ0v) is 15.4. The van der Waals surface area contributed by atoms with Gasteiger partial charge in [-0.25, -0.2) is 0 Å². The van der Waals surface area contributed by atoms with Gasteiger partial charge in [0, 0.05) is 13.1 Å². The summed E-state index contributed by atoms with van der Waals surface area (Å²) in [5.41, 5.74) is 1.06. The number of ether oxygens (including phenoxy) is 1. The molecule has 0 unspecified atom stereocenters. The minimum atomic E-state index is -0.190. The first-order valence-corrected chi connectivity index (χ1v) is 9.98. The average molecular weight is 385 g/mol. The maximum Gasteiger partial charge on any atom is 0.267 e. The summed E-state index contributed by atoms with van der Waals surface area (Å²) in [4.78, 5) is 26.6. The van der Waals surface area contributed by atoms with Crippen LogP contribution in [-0.2, 0) is 9.53 Å². The largest absolute Gasteiger partial charge is 0.378 e. The molecular formula is C14H16N4O3S3. The van der Waals surface area contributed by atoms with E-state index in [1.165, 1.54) is 34.4 Å². The van der Waals surface area contributed by atoms with Gasteiger partial charge in [0.25, 0.3) is 5.91 Å². The third-order valence-electron chi connectivity index (χ3n) is 3.26. The summed E-state index contributed by atoms with van der Waals surface area (Å²) in [5, 5.41) is 13.1. The number of anilines is 1. The molecule has 2 amide bonds. The predicted molar refractivity (Wildman–Crippen MR) is 95.0 cm³/mol. The summed E-state index contributed by atoms with van der Waals surface area (Å²) in [7, 11) is 0. The SMILES string of the molecule is Cc1csc(C(=O)Nc2nnc(SCC(=O)N3CCOCC3)s2)c1. The number of morpholine rings is 1. The second kappa shape index (κ2) is 8.06. The molecule has 128 valence electrons. The quantitative estimate of drug-likeness (QED) is 0.628. The van der Waals surface area contributed by atoms with Crippen LogP contribution in [0, 0.1) is 6.92 Å². The lowest BCUT2D eigenvalue weighted by Gasteiger charge is -2.26. The van der Waals surface area contributed by atoms with Gasteiger partial charge in [-0.1, -0.05) is 23.1 Å². The number of carbonyl (C=O) groups excluding carboxylic acids is 2. The molecule has 10 heteroatoms. The molecule has 0 bridgehead atoms. The Balaban J connectivity index is 1.50. The second-order valence-corrected chi connectivity index (χ2v) is 8.21. The van der Waals surface area contributed by atoms with Gasteiger partial charge < -0.3 is 9.64 Å². The molecule has 0 spiro atoms. The first kappa shape index (κ1) is 17.3. The van der Waals surface area contributed by atoms with Crippen molar-refractivity contribution in [1.82, 2.24) is 15.1 Å². The van der Waals surface area contributed by atoms with Gasteiger partial charge >= 0.3 is 0 Å². The molecule has 3 heterocycles. The van der Waals surface area contributed by atoms with Crippen LogP contribution in [-0.4, -0.2) is 59.0 Å². The first-order valence-electron chi connectivity index (χ1n) is 7.30. The molecule has 2 aromatic heterocycles. The normalized spacial score (nSPS) is 14.6. The zero-order valence-electron chi connectivity index (χ0n) is 13.0. The number of carbonyl (C=O) groups is 2. The van der Waals surface area contributed by atoms with Gasteiger partial charge in [-0.3, -0.25) is 14.9 Å². The lowest BCUT2D eigenvalue weighted by atomic mass is 10.3. The van der Waals surface area contributed by atoms with E-state index in [0.29, 0.717) is 46.4 Å². The van der Waals surface area contributed by atoms with Crippen molar-refractivity contribution in [2.24, 2.45) is 0 Å². The fourth-order valence-electron chi connectivity index (χ4n) is 2.06. The summed E-state index contributed by atoms with van der Waals surface area (Å²) in [5.74, 6) is 0.190. The molecule has 0 saturated carbocycles. The second-order valence-electron chi connectivity index (χ2n) is 5.10. The molecule has 24 heavy (non-hydrogen) atoms. The van der Waals surface area contributed by atoms with Crippen LogP contribution < -0.4 is 5.32 Å². The van der Waals surface area contributed by atoms with E-state index in [0.717, 1.165) is 5.56 Å². The highest BCUT2D eigenvalue weighted by molar-refractivity contribution is 8.01. The van der Waals surface area contributed by atoms with Crippen molar-refractivity contribution in [3.05, 3.63) is 21.9 Å². The highest BCUT2D eigenvalue weighted by atomic mass is 32.2. The molecule has 0 aliphatic carbocycles. The van der Waals surface area contributed by atoms with E-state index in [2.05, 4.69) is 15.5 Å². The molecular weight excluding hydrogens is 368 g/mol. The number of thioether (sulfide) groups is 1. The molecule has 2 aromatic rings. The van der Waals surface area contributed by atoms with E-state index in [4.69, 9.17) is 4.74 Å². The van der Waals surface area contributed by atoms with Crippen molar-refractivity contribution in [2.75, 3.05) is 37.4 Å². The molecule has 0 radical (unpaired) electrons. The third kappa shape index (κ3) is 4.53. The number of aromatic nitrogens is 2. The molecule has 3 rings (SSSR count). The highest BCUT2D eigenvalue weighted by Crippen LogP contribution is 2.26. The number of nitrogens with zero attached hydrogens (tertiary/aromatic N) is 3. The number of aryl methyl sites for hydroxylation is 1. The van der Waals surface area contributed by atoms with Crippen LogP contribution in [0.2, 0.25) is 0 Å². The average Bonchev–Trinajstić information content (AvgIpc) is 3.22. The monoisotopic (exact) mass is 384 g/mol. The fourth-order valence-corrected chi connectivity index (χ4v) is 4.50. The predicted octanol–water partition coefficient (Wildman–Crippen LogP) is 2.11. The van der Waals surface area contributed by atoms with E-state index in [-0.39, 0.29) is 11.8 Å². The van der Waals surface area contributed by atoms with E-state index < -0.39 is 0 Å². The van der Waals surface area contributed by atoms with Crippen molar-refractivity contribution < 1.29 is 14.3 Å². The van der Waals surface area contributed by atoms with E-state index in [9.17, 15) is 9.59 Å². The topological polar surface area (TPSA) is 84.4 Å². The van der Waals surface area contributed by atoms with Gasteiger partial charge in [-0.2, -0.15) is 0 Å². The number of hydrogen-bond acceptors (Lipinski definition) is 8. The van der Waals surface area contributed by atoms with E-state index in [1.807, 2.05) is 18.4 Å². The lowest BCUT2D eigenvalue weighted by Crippen LogP contribution is -2.41. The molecule has 1 saturated heterocycles. The van der Waals surface area contributed by atoms with Crippen LogP contribution in [0.25, 0.3) is 0 Å². The Morgan fingerprint density at radius 2 is 2.17 bits per heavy atom. The third-order valence-corrected chi connectivity index (χ3v) is 6.27. The van der Waals surface area contributed by atoms with Crippen molar-refractivity contribution in [2.45, 2.75) is 11.3 Å².